The maximum absolute atomic E-state index is 11.6. The summed E-state index contributed by atoms with van der Waals surface area (Å²) >= 11 is 0. The number of esters is 1. The number of hydrogen-bond donors (Lipinski definition) is 1. The Morgan fingerprint density at radius 3 is 2.83 bits per heavy atom. The van der Waals surface area contributed by atoms with Gasteiger partial charge in [0.15, 0.2) is 0 Å². The highest BCUT2D eigenvalue weighted by Crippen LogP contribution is 2.29. The summed E-state index contributed by atoms with van der Waals surface area (Å²) in [7, 11) is 0. The number of oxazole rings is 1. The van der Waals surface area contributed by atoms with Gasteiger partial charge >= 0.3 is 5.97 Å². The fraction of sp³-hybridized carbons (Fsp3) is 0.231. The summed E-state index contributed by atoms with van der Waals surface area (Å²) in [5.74, 6) is -0.234. The molecule has 0 aliphatic carbocycles. The van der Waals surface area contributed by atoms with Crippen LogP contribution < -0.4 is 0 Å². The van der Waals surface area contributed by atoms with E-state index in [9.17, 15) is 9.90 Å². The van der Waals surface area contributed by atoms with E-state index >= 15 is 0 Å². The molecule has 0 spiro atoms. The second kappa shape index (κ2) is 4.91. The van der Waals surface area contributed by atoms with Crippen LogP contribution in [0.1, 0.15) is 23.2 Å². The number of phenolic OH excluding ortho intramolecular Hbond substituents is 1. The van der Waals surface area contributed by atoms with Crippen LogP contribution in [0.25, 0.3) is 11.5 Å². The largest absolute Gasteiger partial charge is 0.507 e. The number of nitrogens with zero attached hydrogens (tertiary/aromatic N) is 1. The molecule has 0 bridgehead atoms. The Morgan fingerprint density at radius 2 is 2.17 bits per heavy atom. The van der Waals surface area contributed by atoms with Crippen molar-refractivity contribution in [3.8, 4) is 17.2 Å². The average Bonchev–Trinajstić information content (AvgIpc) is 2.72. The second-order valence-electron chi connectivity index (χ2n) is 3.67. The van der Waals surface area contributed by atoms with Crippen molar-refractivity contribution in [2.45, 2.75) is 13.8 Å². The lowest BCUT2D eigenvalue weighted by Gasteiger charge is -1.99. The van der Waals surface area contributed by atoms with Crippen molar-refractivity contribution >= 4 is 5.97 Å². The van der Waals surface area contributed by atoms with Crippen molar-refractivity contribution in [3.63, 3.8) is 0 Å². The van der Waals surface area contributed by atoms with Crippen LogP contribution in [-0.2, 0) is 4.74 Å². The molecule has 2 rings (SSSR count). The minimum atomic E-state index is -0.552. The van der Waals surface area contributed by atoms with Crippen LogP contribution in [0.3, 0.4) is 0 Å². The molecule has 0 amide bonds. The zero-order chi connectivity index (χ0) is 13.1. The number of hydrogen-bond acceptors (Lipinski definition) is 5. The van der Waals surface area contributed by atoms with Crippen LogP contribution in [0.4, 0.5) is 0 Å². The van der Waals surface area contributed by atoms with Gasteiger partial charge in [-0.3, -0.25) is 0 Å². The van der Waals surface area contributed by atoms with Gasteiger partial charge in [-0.2, -0.15) is 0 Å². The zero-order valence-electron chi connectivity index (χ0n) is 10.1. The Morgan fingerprint density at radius 1 is 1.44 bits per heavy atom. The van der Waals surface area contributed by atoms with Crippen molar-refractivity contribution in [1.29, 1.82) is 0 Å². The van der Waals surface area contributed by atoms with Crippen molar-refractivity contribution in [2.24, 2.45) is 0 Å². The van der Waals surface area contributed by atoms with Gasteiger partial charge in [0.1, 0.15) is 5.75 Å². The van der Waals surface area contributed by atoms with Gasteiger partial charge < -0.3 is 14.3 Å². The summed E-state index contributed by atoms with van der Waals surface area (Å²) in [6, 6.07) is 6.63. The van der Waals surface area contributed by atoms with Crippen molar-refractivity contribution < 1.29 is 19.1 Å². The standard InChI is InChI=1S/C13H13NO4/c1-3-17-13(16)11-8(2)14-12(18-11)9-6-4-5-7-10(9)15/h4-7,15H,3H2,1-2H3. The number of carbonyl (C=O) groups is 1. The maximum atomic E-state index is 11.6. The van der Waals surface area contributed by atoms with E-state index < -0.39 is 5.97 Å². The first-order valence-corrected chi connectivity index (χ1v) is 5.56. The minimum Gasteiger partial charge on any atom is -0.507 e. The first-order valence-electron chi connectivity index (χ1n) is 5.56. The predicted octanol–water partition coefficient (Wildman–Crippen LogP) is 2.53. The predicted molar refractivity (Wildman–Crippen MR) is 64.3 cm³/mol. The number of rotatable bonds is 3. The number of carbonyl (C=O) groups excluding carboxylic acids is 1. The molecule has 1 N–H and O–H groups in total. The van der Waals surface area contributed by atoms with E-state index in [1.165, 1.54) is 6.07 Å². The monoisotopic (exact) mass is 247 g/mol. The summed E-state index contributed by atoms with van der Waals surface area (Å²) in [6.07, 6.45) is 0. The normalized spacial score (nSPS) is 10.3. The molecule has 0 fully saturated rings. The van der Waals surface area contributed by atoms with Gasteiger partial charge in [0.25, 0.3) is 0 Å². The number of benzene rings is 1. The van der Waals surface area contributed by atoms with Gasteiger partial charge in [-0.15, -0.1) is 0 Å². The third-order valence-electron chi connectivity index (χ3n) is 2.39. The fourth-order valence-electron chi connectivity index (χ4n) is 1.55. The molecule has 0 atom stereocenters. The third kappa shape index (κ3) is 2.20. The molecule has 2 aromatic rings. The number of para-hydroxylation sites is 1. The molecule has 1 heterocycles. The van der Waals surface area contributed by atoms with Crippen LogP contribution >= 0.6 is 0 Å². The molecule has 0 radical (unpaired) electrons. The van der Waals surface area contributed by atoms with Gasteiger partial charge in [0, 0.05) is 0 Å². The SMILES string of the molecule is CCOC(=O)c1oc(-c2ccccc2O)nc1C. The molecule has 0 aliphatic heterocycles. The van der Waals surface area contributed by atoms with Gasteiger partial charge in [0.2, 0.25) is 11.7 Å². The van der Waals surface area contributed by atoms with Crippen LogP contribution in [0, 0.1) is 6.92 Å². The van der Waals surface area contributed by atoms with Crippen LogP contribution in [0.5, 0.6) is 5.75 Å². The average molecular weight is 247 g/mol. The van der Waals surface area contributed by atoms with Gasteiger partial charge in [-0.05, 0) is 26.0 Å². The maximum Gasteiger partial charge on any atom is 0.376 e. The minimum absolute atomic E-state index is 0.0501. The summed E-state index contributed by atoms with van der Waals surface area (Å²) in [5, 5.41) is 9.69. The Hall–Kier alpha value is -2.30. The zero-order valence-corrected chi connectivity index (χ0v) is 10.1. The summed E-state index contributed by atoms with van der Waals surface area (Å²) < 4.78 is 10.2. The van der Waals surface area contributed by atoms with E-state index in [1.807, 2.05) is 0 Å². The molecule has 0 unspecified atom stereocenters. The highest BCUT2D eigenvalue weighted by Gasteiger charge is 2.20. The molecule has 94 valence electrons. The fourth-order valence-corrected chi connectivity index (χ4v) is 1.55. The molecule has 0 saturated carbocycles. The summed E-state index contributed by atoms with van der Waals surface area (Å²) in [6.45, 7) is 3.64. The Balaban J connectivity index is 2.41. The van der Waals surface area contributed by atoms with Gasteiger partial charge in [0.05, 0.1) is 17.9 Å². The summed E-state index contributed by atoms with van der Waals surface area (Å²) in [4.78, 5) is 15.7. The van der Waals surface area contributed by atoms with E-state index in [2.05, 4.69) is 4.98 Å². The number of aromatic nitrogens is 1. The number of phenols is 1. The lowest BCUT2D eigenvalue weighted by Crippen LogP contribution is -2.04. The lowest BCUT2D eigenvalue weighted by molar-refractivity contribution is 0.0490. The Kier molecular flexibility index (Phi) is 3.32. The Bertz CT molecular complexity index is 574. The van der Waals surface area contributed by atoms with Crippen molar-refractivity contribution in [2.75, 3.05) is 6.61 Å². The molecular weight excluding hydrogens is 234 g/mol. The van der Waals surface area contributed by atoms with E-state index in [4.69, 9.17) is 9.15 Å². The van der Waals surface area contributed by atoms with E-state index in [0.717, 1.165) is 0 Å². The van der Waals surface area contributed by atoms with Crippen molar-refractivity contribution in [3.05, 3.63) is 35.7 Å². The first kappa shape index (κ1) is 12.2. The molecule has 0 saturated heterocycles. The quantitative estimate of drug-likeness (QED) is 0.844. The lowest BCUT2D eigenvalue weighted by atomic mass is 10.2. The van der Waals surface area contributed by atoms with Gasteiger partial charge in [-0.25, -0.2) is 9.78 Å². The summed E-state index contributed by atoms with van der Waals surface area (Å²) in [5.41, 5.74) is 0.878. The van der Waals surface area contributed by atoms with Crippen LogP contribution in [0.2, 0.25) is 0 Å². The highest BCUT2D eigenvalue weighted by molar-refractivity contribution is 5.88. The number of aromatic hydroxyl groups is 1. The molecule has 1 aromatic heterocycles. The Labute approximate surface area is 104 Å². The van der Waals surface area contributed by atoms with Crippen LogP contribution in [0.15, 0.2) is 28.7 Å². The first-order chi connectivity index (χ1) is 8.63. The topological polar surface area (TPSA) is 72.6 Å². The van der Waals surface area contributed by atoms with Crippen molar-refractivity contribution in [1.82, 2.24) is 4.98 Å². The third-order valence-corrected chi connectivity index (χ3v) is 2.39. The van der Waals surface area contributed by atoms with E-state index in [-0.39, 0.29) is 24.0 Å². The van der Waals surface area contributed by atoms with Gasteiger partial charge in [-0.1, -0.05) is 12.1 Å². The number of aryl methyl sites for hydroxylation is 1. The number of ether oxygens (including phenoxy) is 1. The second-order valence-corrected chi connectivity index (χ2v) is 3.67. The molecular formula is C13H13NO4. The van der Waals surface area contributed by atoms with E-state index in [1.54, 1.807) is 32.0 Å². The molecule has 5 heteroatoms. The van der Waals surface area contributed by atoms with Crippen LogP contribution in [-0.4, -0.2) is 22.7 Å². The van der Waals surface area contributed by atoms with E-state index in [0.29, 0.717) is 11.3 Å². The molecule has 1 aromatic carbocycles. The molecule has 18 heavy (non-hydrogen) atoms. The molecule has 0 aliphatic rings. The highest BCUT2D eigenvalue weighted by atomic mass is 16.5. The smallest absolute Gasteiger partial charge is 0.376 e. The molecule has 5 nitrogen and oxygen atoms in total.